The fourth-order valence-corrected chi connectivity index (χ4v) is 0.345. The van der Waals surface area contributed by atoms with E-state index >= 15 is 0 Å². The monoisotopic (exact) mass is 114 g/mol. The zero-order chi connectivity index (χ0) is 6.41. The number of hydrogen-bond acceptors (Lipinski definition) is 2. The number of aromatic nitrogens is 2. The Labute approximate surface area is 48.6 Å². The molecule has 0 atom stereocenters. The highest BCUT2D eigenvalue weighted by molar-refractivity contribution is 4.75. The molecule has 1 N–H and O–H groups in total. The van der Waals surface area contributed by atoms with E-state index in [0.717, 1.165) is 7.11 Å². The number of rotatable bonds is 0. The molecule has 0 spiro atoms. The fraction of sp³-hybridized carbons (Fsp3) is 0.400. The minimum Gasteiger partial charge on any atom is -0.400 e. The predicted octanol–water partition coefficient (Wildman–Crippen LogP) is 0.0286. The summed E-state index contributed by atoms with van der Waals surface area (Å²) in [6.45, 7) is 0. The van der Waals surface area contributed by atoms with Gasteiger partial charge in [-0.25, -0.2) is 0 Å². The van der Waals surface area contributed by atoms with Gasteiger partial charge in [-0.05, 0) is 6.07 Å². The minimum absolute atomic E-state index is 1.00. The van der Waals surface area contributed by atoms with Gasteiger partial charge in [0.2, 0.25) is 0 Å². The van der Waals surface area contributed by atoms with Gasteiger partial charge < -0.3 is 5.11 Å². The van der Waals surface area contributed by atoms with Crippen LogP contribution in [0.15, 0.2) is 18.5 Å². The largest absolute Gasteiger partial charge is 0.400 e. The molecule has 1 aromatic rings. The van der Waals surface area contributed by atoms with Gasteiger partial charge >= 0.3 is 0 Å². The van der Waals surface area contributed by atoms with E-state index in [1.807, 2.05) is 19.3 Å². The Morgan fingerprint density at radius 3 is 2.25 bits per heavy atom. The quantitative estimate of drug-likeness (QED) is 0.516. The number of aliphatic hydroxyl groups excluding tert-OH is 1. The van der Waals surface area contributed by atoms with Crippen molar-refractivity contribution in [1.29, 1.82) is 0 Å². The second-order valence-electron chi connectivity index (χ2n) is 1.18. The average Bonchev–Trinajstić information content (AvgIpc) is 2.24. The third-order valence-electron chi connectivity index (χ3n) is 0.637. The minimum atomic E-state index is 1.00. The molecular formula is C5H10N2O. The summed E-state index contributed by atoms with van der Waals surface area (Å²) in [7, 11) is 2.89. The second kappa shape index (κ2) is 4.33. The van der Waals surface area contributed by atoms with Crippen LogP contribution in [0.2, 0.25) is 0 Å². The summed E-state index contributed by atoms with van der Waals surface area (Å²) in [5.41, 5.74) is 0. The lowest BCUT2D eigenvalue weighted by Gasteiger charge is -1.77. The highest BCUT2D eigenvalue weighted by atomic mass is 16.2. The maximum absolute atomic E-state index is 7.00. The molecule has 0 saturated carbocycles. The summed E-state index contributed by atoms with van der Waals surface area (Å²) in [6, 6.07) is 1.89. The summed E-state index contributed by atoms with van der Waals surface area (Å²) < 4.78 is 1.75. The van der Waals surface area contributed by atoms with Crippen LogP contribution in [0.4, 0.5) is 0 Å². The lowest BCUT2D eigenvalue weighted by molar-refractivity contribution is 0.399. The third-order valence-corrected chi connectivity index (χ3v) is 0.637. The maximum atomic E-state index is 7.00. The molecule has 0 amide bonds. The Kier molecular flexibility index (Phi) is 3.88. The molecule has 3 nitrogen and oxygen atoms in total. The SMILES string of the molecule is CO.Cn1cccn1. The first-order valence-electron chi connectivity index (χ1n) is 2.28. The van der Waals surface area contributed by atoms with E-state index in [2.05, 4.69) is 5.10 Å². The van der Waals surface area contributed by atoms with E-state index in [9.17, 15) is 0 Å². The van der Waals surface area contributed by atoms with Crippen molar-refractivity contribution in [3.8, 4) is 0 Å². The van der Waals surface area contributed by atoms with Crippen LogP contribution < -0.4 is 0 Å². The van der Waals surface area contributed by atoms with Crippen molar-refractivity contribution in [2.24, 2.45) is 7.05 Å². The molecule has 0 fully saturated rings. The van der Waals surface area contributed by atoms with Gasteiger partial charge in [0.1, 0.15) is 0 Å². The maximum Gasteiger partial charge on any atom is 0.0489 e. The van der Waals surface area contributed by atoms with E-state index in [-0.39, 0.29) is 0 Å². The van der Waals surface area contributed by atoms with E-state index in [0.29, 0.717) is 0 Å². The van der Waals surface area contributed by atoms with Crippen LogP contribution >= 0.6 is 0 Å². The zero-order valence-electron chi connectivity index (χ0n) is 5.07. The van der Waals surface area contributed by atoms with Crippen molar-refractivity contribution in [3.63, 3.8) is 0 Å². The lowest BCUT2D eigenvalue weighted by Crippen LogP contribution is -1.83. The first-order valence-corrected chi connectivity index (χ1v) is 2.28. The van der Waals surface area contributed by atoms with E-state index in [1.54, 1.807) is 10.9 Å². The van der Waals surface area contributed by atoms with Crippen molar-refractivity contribution in [2.45, 2.75) is 0 Å². The normalized spacial score (nSPS) is 7.38. The number of nitrogens with zero attached hydrogens (tertiary/aromatic N) is 2. The molecule has 0 aliphatic carbocycles. The predicted molar refractivity (Wildman–Crippen MR) is 31.4 cm³/mol. The van der Waals surface area contributed by atoms with Crippen LogP contribution in [0.25, 0.3) is 0 Å². The first kappa shape index (κ1) is 7.17. The van der Waals surface area contributed by atoms with E-state index in [4.69, 9.17) is 5.11 Å². The number of aryl methyl sites for hydroxylation is 1. The van der Waals surface area contributed by atoms with Gasteiger partial charge in [0.15, 0.2) is 0 Å². The first-order chi connectivity index (χ1) is 3.89. The van der Waals surface area contributed by atoms with Crippen LogP contribution in [0, 0.1) is 0 Å². The number of aliphatic hydroxyl groups is 1. The van der Waals surface area contributed by atoms with Gasteiger partial charge in [-0.15, -0.1) is 0 Å². The van der Waals surface area contributed by atoms with Gasteiger partial charge in [0.05, 0.1) is 0 Å². The lowest BCUT2D eigenvalue weighted by atomic mass is 10.8. The molecule has 0 aromatic carbocycles. The van der Waals surface area contributed by atoms with Gasteiger partial charge in [0, 0.05) is 26.6 Å². The van der Waals surface area contributed by atoms with E-state index < -0.39 is 0 Å². The molecule has 3 heteroatoms. The standard InChI is InChI=1S/C4H6N2.CH4O/c1-6-4-2-3-5-6;1-2/h2-4H,1H3;2H,1H3. The van der Waals surface area contributed by atoms with Gasteiger partial charge in [-0.3, -0.25) is 4.68 Å². The van der Waals surface area contributed by atoms with Crippen molar-refractivity contribution in [1.82, 2.24) is 9.78 Å². The Morgan fingerprint density at radius 1 is 1.50 bits per heavy atom. The average molecular weight is 114 g/mol. The Morgan fingerprint density at radius 2 is 2.12 bits per heavy atom. The molecule has 8 heavy (non-hydrogen) atoms. The Bertz CT molecular complexity index is 114. The summed E-state index contributed by atoms with van der Waals surface area (Å²) >= 11 is 0. The molecule has 1 rings (SSSR count). The van der Waals surface area contributed by atoms with Crippen molar-refractivity contribution >= 4 is 0 Å². The van der Waals surface area contributed by atoms with Gasteiger partial charge in [-0.2, -0.15) is 5.10 Å². The van der Waals surface area contributed by atoms with Crippen LogP contribution in [0.3, 0.4) is 0 Å². The summed E-state index contributed by atoms with van der Waals surface area (Å²) in [6.07, 6.45) is 3.64. The highest BCUT2D eigenvalue weighted by Gasteiger charge is 1.69. The molecule has 1 aromatic heterocycles. The molecule has 0 unspecified atom stereocenters. The molecule has 46 valence electrons. The van der Waals surface area contributed by atoms with Crippen LogP contribution in [0.1, 0.15) is 0 Å². The molecule has 0 radical (unpaired) electrons. The second-order valence-corrected chi connectivity index (χ2v) is 1.18. The summed E-state index contributed by atoms with van der Waals surface area (Å²) in [5.74, 6) is 0. The smallest absolute Gasteiger partial charge is 0.0489 e. The molecule has 1 heterocycles. The third kappa shape index (κ3) is 2.36. The Hall–Kier alpha value is -0.830. The summed E-state index contributed by atoms with van der Waals surface area (Å²) in [4.78, 5) is 0. The van der Waals surface area contributed by atoms with Crippen molar-refractivity contribution in [2.75, 3.05) is 7.11 Å². The Balaban J connectivity index is 0.000000222. The molecular weight excluding hydrogens is 104 g/mol. The van der Waals surface area contributed by atoms with Crippen molar-refractivity contribution < 1.29 is 5.11 Å². The topological polar surface area (TPSA) is 38.0 Å². The number of hydrogen-bond donors (Lipinski definition) is 1. The van der Waals surface area contributed by atoms with Crippen LogP contribution in [0.5, 0.6) is 0 Å². The van der Waals surface area contributed by atoms with Gasteiger partial charge in [-0.1, -0.05) is 0 Å². The molecule has 0 aliphatic heterocycles. The molecule has 0 aliphatic rings. The molecule has 0 saturated heterocycles. The van der Waals surface area contributed by atoms with E-state index in [1.165, 1.54) is 0 Å². The summed E-state index contributed by atoms with van der Waals surface area (Å²) in [5, 5.41) is 10.8. The van der Waals surface area contributed by atoms with Gasteiger partial charge in [0.25, 0.3) is 0 Å². The van der Waals surface area contributed by atoms with Crippen molar-refractivity contribution in [3.05, 3.63) is 18.5 Å². The molecule has 0 bridgehead atoms. The van der Waals surface area contributed by atoms with Crippen LogP contribution in [-0.2, 0) is 7.05 Å². The highest BCUT2D eigenvalue weighted by Crippen LogP contribution is 1.73. The zero-order valence-corrected chi connectivity index (χ0v) is 5.07. The van der Waals surface area contributed by atoms with Crippen LogP contribution in [-0.4, -0.2) is 22.0 Å². The fourth-order valence-electron chi connectivity index (χ4n) is 0.345.